The molecule has 0 amide bonds. The molecule has 1 heterocycles. The van der Waals surface area contributed by atoms with E-state index in [4.69, 9.17) is 10.5 Å². The Morgan fingerprint density at radius 2 is 1.61 bits per heavy atom. The lowest BCUT2D eigenvalue weighted by Crippen LogP contribution is -2.07. The molecule has 0 unspecified atom stereocenters. The minimum atomic E-state index is -0.0902. The van der Waals surface area contributed by atoms with E-state index >= 15 is 0 Å². The van der Waals surface area contributed by atoms with Crippen molar-refractivity contribution in [2.45, 2.75) is 0 Å². The van der Waals surface area contributed by atoms with Crippen LogP contribution in [0.1, 0.15) is 0 Å². The van der Waals surface area contributed by atoms with Crippen LogP contribution >= 0.6 is 0 Å². The number of benzene rings is 3. The summed E-state index contributed by atoms with van der Waals surface area (Å²) in [7, 11) is 0. The predicted molar refractivity (Wildman–Crippen MR) is 93.0 cm³/mol. The molecule has 1 aromatic heterocycles. The number of hydrogen-bond donors (Lipinski definition) is 2. The van der Waals surface area contributed by atoms with E-state index in [0.29, 0.717) is 33.5 Å². The third-order valence-electron chi connectivity index (χ3n) is 3.83. The molecule has 0 bridgehead atoms. The van der Waals surface area contributed by atoms with Gasteiger partial charge in [0, 0.05) is 10.9 Å². The Labute approximate surface area is 132 Å². The fourth-order valence-electron chi connectivity index (χ4n) is 2.72. The first-order valence-corrected chi connectivity index (χ1v) is 7.30. The first kappa shape index (κ1) is 13.4. The van der Waals surface area contributed by atoms with E-state index in [-0.39, 0.29) is 5.43 Å². The van der Waals surface area contributed by atoms with E-state index in [9.17, 15) is 4.79 Å². The second-order valence-corrected chi connectivity index (χ2v) is 5.32. The van der Waals surface area contributed by atoms with Gasteiger partial charge in [0.25, 0.3) is 0 Å². The smallest absolute Gasteiger partial charge is 0.201 e. The van der Waals surface area contributed by atoms with Crippen LogP contribution in [-0.2, 0) is 0 Å². The van der Waals surface area contributed by atoms with Crippen molar-refractivity contribution in [3.8, 4) is 11.5 Å². The third kappa shape index (κ3) is 2.21. The SMILES string of the molecule is Nc1ccc(Oc2ccccc2)c2c(=O)c3ccccc3[nH]c12. The number of pyridine rings is 1. The largest absolute Gasteiger partial charge is 0.457 e. The maximum atomic E-state index is 12.9. The van der Waals surface area contributed by atoms with E-state index in [0.717, 1.165) is 5.52 Å². The number of para-hydroxylation sites is 2. The number of anilines is 1. The van der Waals surface area contributed by atoms with Crippen LogP contribution in [-0.4, -0.2) is 4.98 Å². The summed E-state index contributed by atoms with van der Waals surface area (Å²) in [6.07, 6.45) is 0. The average Bonchev–Trinajstić information content (AvgIpc) is 2.59. The summed E-state index contributed by atoms with van der Waals surface area (Å²) >= 11 is 0. The summed E-state index contributed by atoms with van der Waals surface area (Å²) in [4.78, 5) is 16.1. The number of nitrogens with one attached hydrogen (secondary N) is 1. The molecule has 0 radical (unpaired) electrons. The maximum Gasteiger partial charge on any atom is 0.201 e. The van der Waals surface area contributed by atoms with Crippen LogP contribution in [0.15, 0.2) is 71.5 Å². The van der Waals surface area contributed by atoms with Gasteiger partial charge in [-0.05, 0) is 36.4 Å². The Kier molecular flexibility index (Phi) is 3.01. The molecule has 0 aliphatic heterocycles. The topological polar surface area (TPSA) is 68.1 Å². The van der Waals surface area contributed by atoms with Crippen LogP contribution in [0.4, 0.5) is 5.69 Å². The molecule has 4 heteroatoms. The molecule has 0 aliphatic carbocycles. The van der Waals surface area contributed by atoms with Crippen molar-refractivity contribution in [1.29, 1.82) is 0 Å². The minimum Gasteiger partial charge on any atom is -0.457 e. The Morgan fingerprint density at radius 1 is 0.870 bits per heavy atom. The number of aromatic nitrogens is 1. The normalized spacial score (nSPS) is 11.0. The van der Waals surface area contributed by atoms with Gasteiger partial charge in [-0.15, -0.1) is 0 Å². The molecular weight excluding hydrogens is 288 g/mol. The number of aromatic amines is 1. The molecule has 112 valence electrons. The highest BCUT2D eigenvalue weighted by Gasteiger charge is 2.13. The third-order valence-corrected chi connectivity index (χ3v) is 3.83. The van der Waals surface area contributed by atoms with Gasteiger partial charge in [0.2, 0.25) is 5.43 Å². The van der Waals surface area contributed by atoms with E-state index < -0.39 is 0 Å². The summed E-state index contributed by atoms with van der Waals surface area (Å²) < 4.78 is 5.90. The van der Waals surface area contributed by atoms with Crippen LogP contribution < -0.4 is 15.9 Å². The Balaban J connectivity index is 2.04. The van der Waals surface area contributed by atoms with Crippen molar-refractivity contribution >= 4 is 27.5 Å². The second-order valence-electron chi connectivity index (χ2n) is 5.32. The van der Waals surface area contributed by atoms with E-state index in [1.807, 2.05) is 48.5 Å². The summed E-state index contributed by atoms with van der Waals surface area (Å²) in [6, 6.07) is 20.2. The van der Waals surface area contributed by atoms with Crippen molar-refractivity contribution in [2.75, 3.05) is 5.73 Å². The quantitative estimate of drug-likeness (QED) is 0.433. The zero-order valence-corrected chi connectivity index (χ0v) is 12.2. The van der Waals surface area contributed by atoms with Gasteiger partial charge < -0.3 is 15.5 Å². The molecule has 0 atom stereocenters. The summed E-state index contributed by atoms with van der Waals surface area (Å²) in [5.74, 6) is 1.17. The van der Waals surface area contributed by atoms with Gasteiger partial charge in [0.15, 0.2) is 0 Å². The van der Waals surface area contributed by atoms with Gasteiger partial charge in [0.05, 0.1) is 16.6 Å². The van der Waals surface area contributed by atoms with Gasteiger partial charge in [-0.3, -0.25) is 4.79 Å². The van der Waals surface area contributed by atoms with Crippen molar-refractivity contribution in [3.63, 3.8) is 0 Å². The summed E-state index contributed by atoms with van der Waals surface area (Å²) in [5, 5.41) is 1.08. The van der Waals surface area contributed by atoms with Crippen LogP contribution in [0.25, 0.3) is 21.8 Å². The van der Waals surface area contributed by atoms with Crippen LogP contribution in [0, 0.1) is 0 Å². The van der Waals surface area contributed by atoms with E-state index in [1.165, 1.54) is 0 Å². The summed E-state index contributed by atoms with van der Waals surface area (Å²) in [6.45, 7) is 0. The molecule has 4 aromatic rings. The molecule has 0 saturated heterocycles. The standard InChI is InChI=1S/C19H14N2O2/c20-14-10-11-16(23-12-6-2-1-3-7-12)17-18(14)21-15-9-5-4-8-13(15)19(17)22/h1-11H,20H2,(H,21,22). The molecule has 4 nitrogen and oxygen atoms in total. The zero-order chi connectivity index (χ0) is 15.8. The highest BCUT2D eigenvalue weighted by molar-refractivity contribution is 6.00. The Morgan fingerprint density at radius 3 is 2.43 bits per heavy atom. The van der Waals surface area contributed by atoms with Gasteiger partial charge in [0.1, 0.15) is 11.5 Å². The highest BCUT2D eigenvalue weighted by Crippen LogP contribution is 2.31. The molecule has 0 aliphatic rings. The number of fused-ring (bicyclic) bond motifs is 2. The zero-order valence-electron chi connectivity index (χ0n) is 12.2. The second kappa shape index (κ2) is 5.18. The number of nitrogens with two attached hydrogens (primary N) is 1. The lowest BCUT2D eigenvalue weighted by molar-refractivity contribution is 0.488. The Hall–Kier alpha value is -3.27. The number of ether oxygens (including phenoxy) is 1. The van der Waals surface area contributed by atoms with Gasteiger partial charge in [-0.25, -0.2) is 0 Å². The number of nitrogen functional groups attached to an aromatic ring is 1. The van der Waals surface area contributed by atoms with Crippen molar-refractivity contribution in [2.24, 2.45) is 0 Å². The lowest BCUT2D eigenvalue weighted by Gasteiger charge is -2.11. The van der Waals surface area contributed by atoms with Crippen LogP contribution in [0.5, 0.6) is 11.5 Å². The molecule has 0 spiro atoms. The van der Waals surface area contributed by atoms with E-state index in [1.54, 1.807) is 18.2 Å². The average molecular weight is 302 g/mol. The first-order chi connectivity index (χ1) is 11.2. The molecule has 3 aromatic carbocycles. The number of hydrogen-bond acceptors (Lipinski definition) is 3. The molecule has 23 heavy (non-hydrogen) atoms. The minimum absolute atomic E-state index is 0.0902. The molecular formula is C19H14N2O2. The number of H-pyrrole nitrogens is 1. The molecule has 4 rings (SSSR count). The molecule has 0 fully saturated rings. The summed E-state index contributed by atoms with van der Waals surface area (Å²) in [5.41, 5.74) is 7.84. The number of rotatable bonds is 2. The van der Waals surface area contributed by atoms with Gasteiger partial charge in [-0.2, -0.15) is 0 Å². The van der Waals surface area contributed by atoms with Gasteiger partial charge >= 0.3 is 0 Å². The van der Waals surface area contributed by atoms with Gasteiger partial charge in [-0.1, -0.05) is 30.3 Å². The predicted octanol–water partition coefficient (Wildman–Crippen LogP) is 4.06. The lowest BCUT2D eigenvalue weighted by atomic mass is 10.1. The first-order valence-electron chi connectivity index (χ1n) is 7.30. The Bertz CT molecular complexity index is 1070. The van der Waals surface area contributed by atoms with E-state index in [2.05, 4.69) is 4.98 Å². The monoisotopic (exact) mass is 302 g/mol. The highest BCUT2D eigenvalue weighted by atomic mass is 16.5. The molecule has 3 N–H and O–H groups in total. The van der Waals surface area contributed by atoms with Crippen molar-refractivity contribution in [1.82, 2.24) is 4.98 Å². The fourth-order valence-corrected chi connectivity index (χ4v) is 2.72. The van der Waals surface area contributed by atoms with Crippen LogP contribution in [0.2, 0.25) is 0 Å². The van der Waals surface area contributed by atoms with Crippen molar-refractivity contribution in [3.05, 3.63) is 77.0 Å². The van der Waals surface area contributed by atoms with Crippen LogP contribution in [0.3, 0.4) is 0 Å². The molecule has 0 saturated carbocycles. The maximum absolute atomic E-state index is 12.9. The van der Waals surface area contributed by atoms with Crippen molar-refractivity contribution < 1.29 is 4.74 Å². The fraction of sp³-hybridized carbons (Fsp3) is 0.